The summed E-state index contributed by atoms with van der Waals surface area (Å²) >= 11 is 0. The fourth-order valence-electron chi connectivity index (χ4n) is 2.68. The molecule has 20 heavy (non-hydrogen) atoms. The normalized spacial score (nSPS) is 22.2. The molecule has 0 aliphatic carbocycles. The van der Waals surface area contributed by atoms with Gasteiger partial charge in [0.05, 0.1) is 18.3 Å². The van der Waals surface area contributed by atoms with Gasteiger partial charge in [0.25, 0.3) is 0 Å². The molecule has 0 saturated heterocycles. The Balaban J connectivity index is 1.94. The van der Waals surface area contributed by atoms with Gasteiger partial charge in [-0.2, -0.15) is 19.5 Å². The number of urea groups is 1. The van der Waals surface area contributed by atoms with Gasteiger partial charge in [0.1, 0.15) is 5.71 Å². The molecule has 0 spiro atoms. The molecule has 1 unspecified atom stereocenters. The fourth-order valence-corrected chi connectivity index (χ4v) is 2.68. The zero-order valence-corrected chi connectivity index (χ0v) is 11.0. The largest absolute Gasteiger partial charge is 0.501 e. The molecule has 0 bridgehead atoms. The average Bonchev–Trinajstić information content (AvgIpc) is 3.04. The quantitative estimate of drug-likeness (QED) is 0.744. The van der Waals surface area contributed by atoms with Crippen LogP contribution in [0.3, 0.4) is 0 Å². The lowest BCUT2D eigenvalue weighted by atomic mass is 9.99. The van der Waals surface area contributed by atoms with E-state index in [0.717, 1.165) is 11.3 Å². The number of rotatable bonds is 2. The van der Waals surface area contributed by atoms with E-state index in [1.807, 2.05) is 6.07 Å². The van der Waals surface area contributed by atoms with E-state index in [9.17, 15) is 14.9 Å². The molecule has 1 aromatic rings. The van der Waals surface area contributed by atoms with Gasteiger partial charge in [-0.3, -0.25) is 0 Å². The van der Waals surface area contributed by atoms with E-state index in [1.165, 1.54) is 0 Å². The SMILES string of the molecule is Cc1cc(CN2C(=O)C(C#N)C3=[N+](CCC3)C2=O)on1. The molecule has 3 heterocycles. The molecule has 0 saturated carbocycles. The number of carbonyl (C=O) groups is 2. The molecule has 2 aliphatic rings. The zero-order valence-electron chi connectivity index (χ0n) is 11.0. The van der Waals surface area contributed by atoms with Gasteiger partial charge in [0, 0.05) is 12.5 Å². The third kappa shape index (κ3) is 1.81. The molecule has 102 valence electrons. The van der Waals surface area contributed by atoms with Crippen molar-refractivity contribution >= 4 is 17.6 Å². The number of hydrogen-bond donors (Lipinski definition) is 0. The number of aryl methyl sites for hydroxylation is 1. The highest BCUT2D eigenvalue weighted by Crippen LogP contribution is 2.23. The summed E-state index contributed by atoms with van der Waals surface area (Å²) < 4.78 is 6.58. The first-order valence-electron chi connectivity index (χ1n) is 6.42. The first-order chi connectivity index (χ1) is 9.61. The maximum Gasteiger partial charge on any atom is 0.501 e. The van der Waals surface area contributed by atoms with Crippen LogP contribution in [0.25, 0.3) is 0 Å². The van der Waals surface area contributed by atoms with Crippen molar-refractivity contribution in [2.75, 3.05) is 6.54 Å². The van der Waals surface area contributed by atoms with E-state index in [-0.39, 0.29) is 12.6 Å². The summed E-state index contributed by atoms with van der Waals surface area (Å²) in [4.78, 5) is 25.7. The van der Waals surface area contributed by atoms with Crippen LogP contribution < -0.4 is 0 Å². The van der Waals surface area contributed by atoms with Gasteiger partial charge in [-0.05, 0) is 13.3 Å². The van der Waals surface area contributed by atoms with Crippen molar-refractivity contribution in [1.29, 1.82) is 5.26 Å². The Morgan fingerprint density at radius 1 is 1.60 bits per heavy atom. The van der Waals surface area contributed by atoms with Crippen molar-refractivity contribution in [2.24, 2.45) is 5.92 Å². The van der Waals surface area contributed by atoms with Crippen molar-refractivity contribution in [1.82, 2.24) is 10.1 Å². The highest BCUT2D eigenvalue weighted by atomic mass is 16.5. The molecule has 1 aromatic heterocycles. The van der Waals surface area contributed by atoms with Crippen LogP contribution in [0.5, 0.6) is 0 Å². The fraction of sp³-hybridized carbons (Fsp3) is 0.462. The molecule has 2 aliphatic heterocycles. The second-order valence-corrected chi connectivity index (χ2v) is 4.95. The van der Waals surface area contributed by atoms with Gasteiger partial charge in [-0.1, -0.05) is 5.16 Å². The average molecular weight is 273 g/mol. The summed E-state index contributed by atoms with van der Waals surface area (Å²) in [6, 6.07) is 3.30. The molecule has 0 N–H and O–H groups in total. The van der Waals surface area contributed by atoms with Crippen LogP contribution in [0.1, 0.15) is 24.3 Å². The molecule has 0 aromatic carbocycles. The minimum Gasteiger partial charge on any atom is -0.357 e. The summed E-state index contributed by atoms with van der Waals surface area (Å²) in [7, 11) is 0. The van der Waals surface area contributed by atoms with E-state index in [4.69, 9.17) is 4.52 Å². The van der Waals surface area contributed by atoms with Crippen LogP contribution in [0.2, 0.25) is 0 Å². The molecular weight excluding hydrogens is 260 g/mol. The van der Waals surface area contributed by atoms with Gasteiger partial charge in [0.2, 0.25) is 5.92 Å². The summed E-state index contributed by atoms with van der Waals surface area (Å²) in [6.07, 6.45) is 1.42. The molecule has 0 fully saturated rings. The van der Waals surface area contributed by atoms with Crippen LogP contribution in [0, 0.1) is 24.2 Å². The number of hydrogen-bond acceptors (Lipinski definition) is 5. The highest BCUT2D eigenvalue weighted by Gasteiger charge is 2.50. The molecule has 7 heteroatoms. The third-order valence-corrected chi connectivity index (χ3v) is 3.59. The number of nitrogens with zero attached hydrogens (tertiary/aromatic N) is 4. The molecule has 0 radical (unpaired) electrons. The Hall–Kier alpha value is -2.49. The zero-order chi connectivity index (χ0) is 14.3. The Labute approximate surface area is 115 Å². The maximum absolute atomic E-state index is 12.3. The van der Waals surface area contributed by atoms with Gasteiger partial charge in [-0.15, -0.1) is 0 Å². The molecular formula is C13H13N4O3+. The molecule has 7 nitrogen and oxygen atoms in total. The lowest BCUT2D eigenvalue weighted by molar-refractivity contribution is -0.431. The topological polar surface area (TPSA) is 90.2 Å². The monoisotopic (exact) mass is 273 g/mol. The van der Waals surface area contributed by atoms with Gasteiger partial charge < -0.3 is 4.52 Å². The molecule has 3 amide bonds. The Bertz CT molecular complexity index is 667. The summed E-state index contributed by atoms with van der Waals surface area (Å²) in [6.45, 7) is 2.34. The first-order valence-corrected chi connectivity index (χ1v) is 6.42. The second kappa shape index (κ2) is 4.56. The van der Waals surface area contributed by atoms with Crippen LogP contribution in [0.4, 0.5) is 4.79 Å². The smallest absolute Gasteiger partial charge is 0.357 e. The Morgan fingerprint density at radius 3 is 3.05 bits per heavy atom. The molecule has 1 atom stereocenters. The Kier molecular flexibility index (Phi) is 2.86. The van der Waals surface area contributed by atoms with Gasteiger partial charge >= 0.3 is 11.9 Å². The minimum atomic E-state index is -0.862. The van der Waals surface area contributed by atoms with E-state index in [2.05, 4.69) is 5.16 Å². The molecule has 3 rings (SSSR count). The third-order valence-electron chi connectivity index (χ3n) is 3.59. The van der Waals surface area contributed by atoms with Crippen LogP contribution >= 0.6 is 0 Å². The number of amides is 3. The van der Waals surface area contributed by atoms with Crippen molar-refractivity contribution in [2.45, 2.75) is 26.3 Å². The Morgan fingerprint density at radius 2 is 2.40 bits per heavy atom. The van der Waals surface area contributed by atoms with Crippen molar-refractivity contribution in [3.63, 3.8) is 0 Å². The van der Waals surface area contributed by atoms with E-state index >= 15 is 0 Å². The maximum atomic E-state index is 12.3. The predicted octanol–water partition coefficient (Wildman–Crippen LogP) is 0.832. The second-order valence-electron chi connectivity index (χ2n) is 4.95. The van der Waals surface area contributed by atoms with Crippen LogP contribution in [-0.2, 0) is 11.3 Å². The predicted molar refractivity (Wildman–Crippen MR) is 65.7 cm³/mol. The van der Waals surface area contributed by atoms with E-state index < -0.39 is 11.8 Å². The summed E-state index contributed by atoms with van der Waals surface area (Å²) in [5.41, 5.74) is 1.31. The lowest BCUT2D eigenvalue weighted by Gasteiger charge is -2.20. The number of imide groups is 1. The van der Waals surface area contributed by atoms with Gasteiger partial charge in [0.15, 0.2) is 12.3 Å². The summed E-state index contributed by atoms with van der Waals surface area (Å²) in [5, 5.41) is 12.9. The number of aromatic nitrogens is 1. The van der Waals surface area contributed by atoms with E-state index in [1.54, 1.807) is 17.6 Å². The highest BCUT2D eigenvalue weighted by molar-refractivity contribution is 6.12. The standard InChI is InChI=1S/C13H13N4O3/c1-8-5-9(20-15-8)7-17-12(18)10(6-14)11-3-2-4-16(11)13(17)19/h5,10H,2-4,7H2,1H3/q+1. The van der Waals surface area contributed by atoms with Crippen molar-refractivity contribution in [3.05, 3.63) is 17.5 Å². The number of nitriles is 1. The van der Waals surface area contributed by atoms with Crippen LogP contribution in [0.15, 0.2) is 10.6 Å². The van der Waals surface area contributed by atoms with Crippen LogP contribution in [-0.4, -0.2) is 38.8 Å². The van der Waals surface area contributed by atoms with E-state index in [0.29, 0.717) is 30.1 Å². The van der Waals surface area contributed by atoms with Crippen molar-refractivity contribution < 1.29 is 18.7 Å². The van der Waals surface area contributed by atoms with Crippen molar-refractivity contribution in [3.8, 4) is 6.07 Å². The number of carbonyl (C=O) groups excluding carboxylic acids is 2. The summed E-state index contributed by atoms with van der Waals surface area (Å²) in [5.74, 6) is -0.901. The minimum absolute atomic E-state index is 0.0144. The first kappa shape index (κ1) is 12.5. The van der Waals surface area contributed by atoms with Gasteiger partial charge in [-0.25, -0.2) is 4.79 Å². The lowest BCUT2D eigenvalue weighted by Crippen LogP contribution is -2.52.